The molecule has 0 spiro atoms. The number of hydrogen-bond acceptors (Lipinski definition) is 4. The zero-order valence-electron chi connectivity index (χ0n) is 24.3. The Balaban J connectivity index is 1.29. The molecule has 0 bridgehead atoms. The molecule has 214 valence electrons. The highest BCUT2D eigenvalue weighted by molar-refractivity contribution is 5.99. The lowest BCUT2D eigenvalue weighted by atomic mass is 9.84. The average Bonchev–Trinajstić information content (AvgIpc) is 3.63. The highest BCUT2D eigenvalue weighted by atomic mass is 16.2. The topological polar surface area (TPSA) is 106 Å². The number of benzene rings is 3. The third-order valence-electron chi connectivity index (χ3n) is 7.71. The van der Waals surface area contributed by atoms with E-state index in [9.17, 15) is 14.4 Å². The van der Waals surface area contributed by atoms with E-state index >= 15 is 0 Å². The predicted octanol–water partition coefficient (Wildman–Crippen LogP) is 6.82. The smallest absolute Gasteiger partial charge is 0.247 e. The minimum atomic E-state index is -0.616. The molecule has 7 nitrogen and oxygen atoms in total. The van der Waals surface area contributed by atoms with E-state index < -0.39 is 12.0 Å². The minimum absolute atomic E-state index is 0.0467. The van der Waals surface area contributed by atoms with E-state index in [2.05, 4.69) is 16.4 Å². The molecule has 2 N–H and O–H groups in total. The van der Waals surface area contributed by atoms with Crippen LogP contribution in [0.3, 0.4) is 0 Å². The second-order valence-electron chi connectivity index (χ2n) is 12.3. The van der Waals surface area contributed by atoms with Crippen LogP contribution in [-0.4, -0.2) is 40.1 Å². The molecule has 1 aliphatic rings. The fourth-order valence-electron chi connectivity index (χ4n) is 5.74. The quantitative estimate of drug-likeness (QED) is 0.247. The summed E-state index contributed by atoms with van der Waals surface area (Å²) in [4.78, 5) is 45.3. The van der Waals surface area contributed by atoms with E-state index in [1.807, 2.05) is 93.6 Å². The van der Waals surface area contributed by atoms with Crippen LogP contribution in [0.5, 0.6) is 0 Å². The molecule has 42 heavy (non-hydrogen) atoms. The maximum atomic E-state index is 13.9. The highest BCUT2D eigenvalue weighted by Gasteiger charge is 2.38. The third-order valence-corrected chi connectivity index (χ3v) is 7.71. The zero-order chi connectivity index (χ0) is 29.9. The Bertz CT molecular complexity index is 1640. The van der Waals surface area contributed by atoms with E-state index in [0.29, 0.717) is 30.6 Å². The fourth-order valence-corrected chi connectivity index (χ4v) is 5.74. The van der Waals surface area contributed by atoms with Crippen molar-refractivity contribution in [1.29, 1.82) is 5.26 Å². The predicted molar refractivity (Wildman–Crippen MR) is 165 cm³/mol. The van der Waals surface area contributed by atoms with Crippen molar-refractivity contribution in [3.63, 3.8) is 0 Å². The van der Waals surface area contributed by atoms with Crippen molar-refractivity contribution in [2.75, 3.05) is 11.9 Å². The number of aromatic nitrogens is 1. The average molecular weight is 561 g/mol. The maximum Gasteiger partial charge on any atom is 0.247 e. The molecule has 1 fully saturated rings. The van der Waals surface area contributed by atoms with Gasteiger partial charge in [0.15, 0.2) is 0 Å². The molecule has 3 aromatic carbocycles. The molecule has 0 saturated carbocycles. The van der Waals surface area contributed by atoms with Crippen molar-refractivity contribution in [2.24, 2.45) is 5.41 Å². The number of hydrogen-bond donors (Lipinski definition) is 2. The summed E-state index contributed by atoms with van der Waals surface area (Å²) in [5, 5.41) is 13.1. The minimum Gasteiger partial charge on any atom is -0.355 e. The molecule has 1 saturated heterocycles. The molecule has 1 aromatic heterocycles. The summed E-state index contributed by atoms with van der Waals surface area (Å²) in [6, 6.07) is 26.0. The molecule has 5 rings (SSSR count). The van der Waals surface area contributed by atoms with Gasteiger partial charge in [-0.2, -0.15) is 5.26 Å². The van der Waals surface area contributed by atoms with Crippen molar-refractivity contribution < 1.29 is 14.4 Å². The number of nitrogens with zero attached hydrogens (tertiary/aromatic N) is 2. The Kier molecular flexibility index (Phi) is 8.26. The number of nitrogens with one attached hydrogen (secondary N) is 2. The van der Waals surface area contributed by atoms with Gasteiger partial charge in [-0.1, -0.05) is 63.2 Å². The summed E-state index contributed by atoms with van der Waals surface area (Å²) in [6.45, 7) is 6.54. The number of fused-ring (bicyclic) bond motifs is 1. The van der Waals surface area contributed by atoms with E-state index in [0.717, 1.165) is 34.1 Å². The molecule has 2 heterocycles. The zero-order valence-corrected chi connectivity index (χ0v) is 24.3. The molecule has 2 amide bonds. The van der Waals surface area contributed by atoms with Gasteiger partial charge in [0.2, 0.25) is 11.8 Å². The molecular formula is C35H36N4O3. The van der Waals surface area contributed by atoms with Gasteiger partial charge in [-0.3, -0.25) is 14.4 Å². The molecular weight excluding hydrogens is 524 g/mol. The summed E-state index contributed by atoms with van der Waals surface area (Å²) >= 11 is 0. The number of Topliss-reactive ketones (excluding diaryl/α,β-unsaturated/α-hetero) is 1. The highest BCUT2D eigenvalue weighted by Crippen LogP contribution is 2.31. The van der Waals surface area contributed by atoms with E-state index in [4.69, 9.17) is 5.26 Å². The Morgan fingerprint density at radius 2 is 1.76 bits per heavy atom. The summed E-state index contributed by atoms with van der Waals surface area (Å²) in [5.41, 5.74) is 4.70. The molecule has 2 atom stereocenters. The van der Waals surface area contributed by atoms with Crippen molar-refractivity contribution in [3.8, 4) is 17.3 Å². The van der Waals surface area contributed by atoms with Gasteiger partial charge in [0.05, 0.1) is 17.6 Å². The number of rotatable bonds is 8. The molecule has 7 heteroatoms. The standard InChI is InChI=1S/C35H36N4O3/c1-35(2,3)21-28(40)20-29(24-8-5-4-6-9-24)34(42)39-17-7-10-32(39)33(41)37-27-14-12-25(13-15-27)31-19-26-18-23(22-36)11-16-30(26)38-31/h4-6,8-9,11-16,18-19,29,32,38H,7,10,17,20-21H2,1-3H3,(H,37,41)/t29-,32-/m0/s1. The largest absolute Gasteiger partial charge is 0.355 e. The summed E-state index contributed by atoms with van der Waals surface area (Å²) in [6.07, 6.45) is 1.82. The molecule has 1 aliphatic heterocycles. The second-order valence-corrected chi connectivity index (χ2v) is 12.3. The van der Waals surface area contributed by atoms with Crippen LogP contribution in [0.4, 0.5) is 5.69 Å². The number of anilines is 1. The first-order valence-electron chi connectivity index (χ1n) is 14.4. The number of aromatic amines is 1. The lowest BCUT2D eigenvalue weighted by Crippen LogP contribution is -2.45. The van der Waals surface area contributed by atoms with E-state index in [1.54, 1.807) is 11.0 Å². The Hall–Kier alpha value is -4.70. The lowest BCUT2D eigenvalue weighted by molar-refractivity contribution is -0.139. The number of carbonyl (C=O) groups is 3. The van der Waals surface area contributed by atoms with Crippen LogP contribution < -0.4 is 5.32 Å². The Morgan fingerprint density at radius 3 is 2.45 bits per heavy atom. The molecule has 0 radical (unpaired) electrons. The van der Waals surface area contributed by atoms with Crippen LogP contribution in [0, 0.1) is 16.7 Å². The number of ketones is 1. The Morgan fingerprint density at radius 1 is 1.02 bits per heavy atom. The monoisotopic (exact) mass is 560 g/mol. The second kappa shape index (κ2) is 12.0. The van der Waals surface area contributed by atoms with Crippen molar-refractivity contribution in [2.45, 2.75) is 58.4 Å². The lowest BCUT2D eigenvalue weighted by Gasteiger charge is -2.29. The summed E-state index contributed by atoms with van der Waals surface area (Å²) in [5.74, 6) is -0.967. The summed E-state index contributed by atoms with van der Waals surface area (Å²) in [7, 11) is 0. The number of amides is 2. The van der Waals surface area contributed by atoms with Gasteiger partial charge in [0, 0.05) is 41.7 Å². The number of H-pyrrole nitrogens is 1. The first-order chi connectivity index (χ1) is 20.1. The van der Waals surface area contributed by atoms with Gasteiger partial charge >= 0.3 is 0 Å². The van der Waals surface area contributed by atoms with Gasteiger partial charge in [-0.05, 0) is 65.8 Å². The van der Waals surface area contributed by atoms with E-state index in [-0.39, 0.29) is 29.4 Å². The van der Waals surface area contributed by atoms with Gasteiger partial charge in [-0.15, -0.1) is 0 Å². The first-order valence-corrected chi connectivity index (χ1v) is 14.4. The van der Waals surface area contributed by atoms with Gasteiger partial charge in [0.1, 0.15) is 11.8 Å². The number of carbonyl (C=O) groups excluding carboxylic acids is 3. The van der Waals surface area contributed by atoms with Crippen LogP contribution in [0.2, 0.25) is 0 Å². The SMILES string of the molecule is CC(C)(C)CC(=O)C[C@H](C(=O)N1CCC[C@H]1C(=O)Nc1ccc(-c2cc3cc(C#N)ccc3[nH]2)cc1)c1ccccc1. The molecule has 0 unspecified atom stereocenters. The molecule has 4 aromatic rings. The van der Waals surface area contributed by atoms with Crippen LogP contribution in [-0.2, 0) is 14.4 Å². The number of nitriles is 1. The Labute approximate surface area is 246 Å². The van der Waals surface area contributed by atoms with Crippen LogP contribution >= 0.6 is 0 Å². The van der Waals surface area contributed by atoms with Crippen molar-refractivity contribution in [1.82, 2.24) is 9.88 Å². The number of likely N-dealkylation sites (tertiary alicyclic amines) is 1. The summed E-state index contributed by atoms with van der Waals surface area (Å²) < 4.78 is 0. The van der Waals surface area contributed by atoms with Gasteiger partial charge in [-0.25, -0.2) is 0 Å². The fraction of sp³-hybridized carbons (Fsp3) is 0.314. The van der Waals surface area contributed by atoms with Crippen LogP contribution in [0.15, 0.2) is 78.9 Å². The van der Waals surface area contributed by atoms with Crippen LogP contribution in [0.1, 0.15) is 63.5 Å². The van der Waals surface area contributed by atoms with Crippen molar-refractivity contribution in [3.05, 3.63) is 90.0 Å². The maximum absolute atomic E-state index is 13.9. The van der Waals surface area contributed by atoms with Gasteiger partial charge < -0.3 is 15.2 Å². The van der Waals surface area contributed by atoms with Gasteiger partial charge in [0.25, 0.3) is 0 Å². The first kappa shape index (κ1) is 28.8. The van der Waals surface area contributed by atoms with Crippen molar-refractivity contribution >= 4 is 34.2 Å². The third kappa shape index (κ3) is 6.60. The van der Waals surface area contributed by atoms with Crippen LogP contribution in [0.25, 0.3) is 22.2 Å². The van der Waals surface area contributed by atoms with E-state index in [1.165, 1.54) is 0 Å². The molecule has 0 aliphatic carbocycles. The normalized spacial score (nSPS) is 15.8.